The zero-order chi connectivity index (χ0) is 13.8. The third-order valence-electron chi connectivity index (χ3n) is 2.98. The summed E-state index contributed by atoms with van der Waals surface area (Å²) in [5.74, 6) is 0.499. The first-order chi connectivity index (χ1) is 9.17. The normalized spacial score (nSPS) is 10.3. The van der Waals surface area contributed by atoms with Crippen LogP contribution < -0.4 is 4.90 Å². The minimum atomic E-state index is 0.164. The molecule has 0 saturated heterocycles. The van der Waals surface area contributed by atoms with Gasteiger partial charge < -0.3 is 4.90 Å². The SMILES string of the molecule is CCc1ccc(N(C)c2ncnc(Cl)c2C=O)cc1. The molecule has 1 aromatic heterocycles. The first-order valence-corrected chi connectivity index (χ1v) is 6.33. The van der Waals surface area contributed by atoms with Crippen molar-refractivity contribution in [3.05, 3.63) is 46.9 Å². The van der Waals surface area contributed by atoms with Gasteiger partial charge in [0.25, 0.3) is 0 Å². The van der Waals surface area contributed by atoms with Crippen molar-refractivity contribution in [3.63, 3.8) is 0 Å². The molecule has 0 aliphatic carbocycles. The van der Waals surface area contributed by atoms with Gasteiger partial charge in [-0.15, -0.1) is 0 Å². The standard InChI is InChI=1S/C14H14ClN3O/c1-3-10-4-6-11(7-5-10)18(2)14-12(8-19)13(15)16-9-17-14/h4-9H,3H2,1-2H3. The van der Waals surface area contributed by atoms with Crippen molar-refractivity contribution in [2.75, 3.05) is 11.9 Å². The summed E-state index contributed by atoms with van der Waals surface area (Å²) in [5, 5.41) is 0.164. The molecule has 0 unspecified atom stereocenters. The molecule has 5 heteroatoms. The van der Waals surface area contributed by atoms with E-state index < -0.39 is 0 Å². The summed E-state index contributed by atoms with van der Waals surface area (Å²) >= 11 is 5.90. The number of nitrogens with zero attached hydrogens (tertiary/aromatic N) is 3. The van der Waals surface area contributed by atoms with E-state index in [0.29, 0.717) is 17.7 Å². The fourth-order valence-corrected chi connectivity index (χ4v) is 1.98. The maximum absolute atomic E-state index is 11.1. The number of hydrogen-bond donors (Lipinski definition) is 0. The molecule has 0 aliphatic heterocycles. The molecule has 19 heavy (non-hydrogen) atoms. The van der Waals surface area contributed by atoms with Gasteiger partial charge in [0.05, 0.1) is 5.56 Å². The van der Waals surface area contributed by atoms with E-state index in [-0.39, 0.29) is 5.15 Å². The average molecular weight is 276 g/mol. The molecular weight excluding hydrogens is 262 g/mol. The third kappa shape index (κ3) is 2.74. The topological polar surface area (TPSA) is 46.1 Å². The minimum Gasteiger partial charge on any atom is -0.329 e. The van der Waals surface area contributed by atoms with Gasteiger partial charge in [0.2, 0.25) is 0 Å². The van der Waals surface area contributed by atoms with Gasteiger partial charge >= 0.3 is 0 Å². The highest BCUT2D eigenvalue weighted by Crippen LogP contribution is 2.27. The lowest BCUT2D eigenvalue weighted by molar-refractivity contribution is 0.112. The van der Waals surface area contributed by atoms with Gasteiger partial charge in [-0.3, -0.25) is 4.79 Å². The van der Waals surface area contributed by atoms with Gasteiger partial charge in [-0.25, -0.2) is 9.97 Å². The Labute approximate surface area is 117 Å². The fraction of sp³-hybridized carbons (Fsp3) is 0.214. The van der Waals surface area contributed by atoms with Gasteiger partial charge in [-0.1, -0.05) is 30.7 Å². The number of carbonyl (C=O) groups excluding carboxylic acids is 1. The van der Waals surface area contributed by atoms with Crippen LogP contribution in [-0.2, 0) is 6.42 Å². The number of rotatable bonds is 4. The van der Waals surface area contributed by atoms with Crippen LogP contribution in [0.5, 0.6) is 0 Å². The Morgan fingerprint density at radius 2 is 1.95 bits per heavy atom. The number of benzene rings is 1. The Morgan fingerprint density at radius 3 is 2.53 bits per heavy atom. The third-order valence-corrected chi connectivity index (χ3v) is 3.28. The van der Waals surface area contributed by atoms with Crippen molar-refractivity contribution in [2.24, 2.45) is 0 Å². The number of aromatic nitrogens is 2. The quantitative estimate of drug-likeness (QED) is 0.635. The fourth-order valence-electron chi connectivity index (χ4n) is 1.81. The Hall–Kier alpha value is -1.94. The maximum atomic E-state index is 11.1. The molecule has 1 aromatic carbocycles. The molecule has 1 heterocycles. The molecule has 0 spiro atoms. The maximum Gasteiger partial charge on any atom is 0.156 e. The first kappa shape index (κ1) is 13.5. The molecule has 98 valence electrons. The van der Waals surface area contributed by atoms with Gasteiger partial charge in [0.15, 0.2) is 6.29 Å². The van der Waals surface area contributed by atoms with Crippen LogP contribution in [0.3, 0.4) is 0 Å². The van der Waals surface area contributed by atoms with Crippen molar-refractivity contribution in [2.45, 2.75) is 13.3 Å². The highest BCUT2D eigenvalue weighted by molar-refractivity contribution is 6.32. The number of halogens is 1. The van der Waals surface area contributed by atoms with Crippen LogP contribution in [0.2, 0.25) is 5.15 Å². The molecule has 0 N–H and O–H groups in total. The molecule has 2 rings (SSSR count). The van der Waals surface area contributed by atoms with Gasteiger partial charge in [0, 0.05) is 12.7 Å². The summed E-state index contributed by atoms with van der Waals surface area (Å²) < 4.78 is 0. The lowest BCUT2D eigenvalue weighted by Gasteiger charge is -2.20. The first-order valence-electron chi connectivity index (χ1n) is 5.95. The van der Waals surface area contributed by atoms with Gasteiger partial charge in [0.1, 0.15) is 17.3 Å². The van der Waals surface area contributed by atoms with E-state index in [1.807, 2.05) is 24.1 Å². The van der Waals surface area contributed by atoms with Crippen LogP contribution >= 0.6 is 11.6 Å². The highest BCUT2D eigenvalue weighted by Gasteiger charge is 2.14. The number of anilines is 2. The van der Waals surface area contributed by atoms with Crippen molar-refractivity contribution in [3.8, 4) is 0 Å². The van der Waals surface area contributed by atoms with E-state index in [2.05, 4.69) is 29.0 Å². The van der Waals surface area contributed by atoms with Crippen molar-refractivity contribution in [1.82, 2.24) is 9.97 Å². The Morgan fingerprint density at radius 1 is 1.26 bits per heavy atom. The predicted molar refractivity (Wildman–Crippen MR) is 76.3 cm³/mol. The molecule has 0 aliphatic rings. The zero-order valence-corrected chi connectivity index (χ0v) is 11.6. The van der Waals surface area contributed by atoms with Crippen molar-refractivity contribution >= 4 is 29.4 Å². The van der Waals surface area contributed by atoms with E-state index in [9.17, 15) is 4.79 Å². The van der Waals surface area contributed by atoms with E-state index in [1.165, 1.54) is 11.9 Å². The summed E-state index contributed by atoms with van der Waals surface area (Å²) in [5.41, 5.74) is 2.50. The van der Waals surface area contributed by atoms with Crippen LogP contribution in [0, 0.1) is 0 Å². The van der Waals surface area contributed by atoms with E-state index in [0.717, 1.165) is 12.1 Å². The summed E-state index contributed by atoms with van der Waals surface area (Å²) in [6.07, 6.45) is 3.01. The molecule has 0 radical (unpaired) electrons. The lowest BCUT2D eigenvalue weighted by Crippen LogP contribution is -2.14. The van der Waals surface area contributed by atoms with Crippen molar-refractivity contribution < 1.29 is 4.79 Å². The van der Waals surface area contributed by atoms with Crippen LogP contribution in [0.15, 0.2) is 30.6 Å². The number of carbonyl (C=O) groups is 1. The smallest absolute Gasteiger partial charge is 0.156 e. The summed E-state index contributed by atoms with van der Waals surface area (Å²) in [6.45, 7) is 2.10. The van der Waals surface area contributed by atoms with Gasteiger partial charge in [-0.2, -0.15) is 0 Å². The zero-order valence-electron chi connectivity index (χ0n) is 10.8. The van der Waals surface area contributed by atoms with E-state index >= 15 is 0 Å². The Bertz CT molecular complexity index is 584. The molecule has 0 bridgehead atoms. The molecule has 0 atom stereocenters. The van der Waals surface area contributed by atoms with Crippen LogP contribution in [0.1, 0.15) is 22.8 Å². The minimum absolute atomic E-state index is 0.164. The molecule has 4 nitrogen and oxygen atoms in total. The largest absolute Gasteiger partial charge is 0.329 e. The Balaban J connectivity index is 2.40. The summed E-state index contributed by atoms with van der Waals surface area (Å²) in [6, 6.07) is 8.08. The lowest BCUT2D eigenvalue weighted by atomic mass is 10.1. The summed E-state index contributed by atoms with van der Waals surface area (Å²) in [7, 11) is 1.84. The summed E-state index contributed by atoms with van der Waals surface area (Å²) in [4.78, 5) is 20.8. The molecule has 0 fully saturated rings. The predicted octanol–water partition coefficient (Wildman–Crippen LogP) is 3.27. The molecule has 0 amide bonds. The monoisotopic (exact) mass is 275 g/mol. The highest BCUT2D eigenvalue weighted by atomic mass is 35.5. The second-order valence-electron chi connectivity index (χ2n) is 4.10. The average Bonchev–Trinajstić information content (AvgIpc) is 2.46. The van der Waals surface area contributed by atoms with E-state index in [1.54, 1.807) is 0 Å². The van der Waals surface area contributed by atoms with Crippen LogP contribution in [0.4, 0.5) is 11.5 Å². The van der Waals surface area contributed by atoms with Gasteiger partial charge in [-0.05, 0) is 24.1 Å². The Kier molecular flexibility index (Phi) is 4.12. The molecular formula is C14H14ClN3O. The van der Waals surface area contributed by atoms with Crippen molar-refractivity contribution in [1.29, 1.82) is 0 Å². The number of hydrogen-bond acceptors (Lipinski definition) is 4. The molecule has 2 aromatic rings. The molecule has 0 saturated carbocycles. The second kappa shape index (κ2) is 5.80. The van der Waals surface area contributed by atoms with Crippen LogP contribution in [-0.4, -0.2) is 23.3 Å². The number of aldehydes is 1. The second-order valence-corrected chi connectivity index (χ2v) is 4.46. The van der Waals surface area contributed by atoms with E-state index in [4.69, 9.17) is 11.6 Å². The number of aryl methyl sites for hydroxylation is 1. The van der Waals surface area contributed by atoms with Crippen LogP contribution in [0.25, 0.3) is 0 Å².